The van der Waals surface area contributed by atoms with Gasteiger partial charge in [-0.25, -0.2) is 15.4 Å². The van der Waals surface area contributed by atoms with Gasteiger partial charge in [0, 0.05) is 17.2 Å². The van der Waals surface area contributed by atoms with Crippen LogP contribution in [0.3, 0.4) is 0 Å². The number of benzene rings is 2. The van der Waals surface area contributed by atoms with Crippen LogP contribution in [0.5, 0.6) is 11.5 Å². The van der Waals surface area contributed by atoms with Gasteiger partial charge in [-0.3, -0.25) is 0 Å². The van der Waals surface area contributed by atoms with E-state index in [9.17, 15) is 26.3 Å². The molecule has 0 N–H and O–H groups in total. The standard InChI is InChI=1S/C19H15F6NO2/c1-10(2)27-16-8-11(4-5-15(16)21)17(26-3)12-6-13(20)9-14(7-12)28-19(24,25)18(22)23/h4-10,17-18H,1-2H3. The third-order valence-electron chi connectivity index (χ3n) is 3.48. The van der Waals surface area contributed by atoms with Crippen LogP contribution >= 0.6 is 0 Å². The molecule has 1 unspecified atom stereocenters. The molecule has 0 aliphatic heterocycles. The number of ether oxygens (including phenoxy) is 2. The van der Waals surface area contributed by atoms with E-state index in [1.165, 1.54) is 12.1 Å². The molecule has 9 heteroatoms. The number of hydrogen-bond acceptors (Lipinski definition) is 2. The first-order valence-electron chi connectivity index (χ1n) is 8.01. The van der Waals surface area contributed by atoms with Crippen LogP contribution in [0.1, 0.15) is 31.0 Å². The zero-order valence-corrected chi connectivity index (χ0v) is 14.7. The summed E-state index contributed by atoms with van der Waals surface area (Å²) in [5.41, 5.74) is 0.0707. The lowest BCUT2D eigenvalue weighted by molar-refractivity contribution is -0.253. The average Bonchev–Trinajstić information content (AvgIpc) is 2.57. The van der Waals surface area contributed by atoms with E-state index in [-0.39, 0.29) is 23.0 Å². The van der Waals surface area contributed by atoms with Gasteiger partial charge in [-0.1, -0.05) is 0 Å². The van der Waals surface area contributed by atoms with E-state index < -0.39 is 36.0 Å². The molecule has 0 saturated carbocycles. The fraction of sp³-hybridized carbons (Fsp3) is 0.316. The molecule has 2 rings (SSSR count). The van der Waals surface area contributed by atoms with Gasteiger partial charge in [-0.05, 0) is 44.2 Å². The molecular weight excluding hydrogens is 388 g/mol. The molecule has 0 spiro atoms. The molecule has 0 bridgehead atoms. The molecule has 0 aliphatic carbocycles. The van der Waals surface area contributed by atoms with Gasteiger partial charge in [-0.15, -0.1) is 0 Å². The average molecular weight is 403 g/mol. The molecule has 0 fully saturated rings. The van der Waals surface area contributed by atoms with Gasteiger partial charge in [0.2, 0.25) is 0 Å². The molecule has 0 radical (unpaired) electrons. The first-order chi connectivity index (χ1) is 13.0. The van der Waals surface area contributed by atoms with Crippen molar-refractivity contribution in [3.8, 4) is 11.5 Å². The Morgan fingerprint density at radius 3 is 2.25 bits per heavy atom. The zero-order chi connectivity index (χ0) is 21.1. The maximum absolute atomic E-state index is 13.9. The molecule has 0 saturated heterocycles. The maximum Gasteiger partial charge on any atom is 0.461 e. The summed E-state index contributed by atoms with van der Waals surface area (Å²) in [6.07, 6.45) is -9.31. The highest BCUT2D eigenvalue weighted by molar-refractivity contribution is 5.42. The minimum atomic E-state index is -4.83. The number of rotatable bonds is 7. The fourth-order valence-corrected chi connectivity index (χ4v) is 2.38. The van der Waals surface area contributed by atoms with E-state index in [1.807, 2.05) is 0 Å². The summed E-state index contributed by atoms with van der Waals surface area (Å²) in [7, 11) is 0. The van der Waals surface area contributed by atoms with Gasteiger partial charge in [0.1, 0.15) is 11.6 Å². The van der Waals surface area contributed by atoms with E-state index >= 15 is 0 Å². The first kappa shape index (κ1) is 21.4. The normalized spacial score (nSPS) is 12.8. The Morgan fingerprint density at radius 1 is 1.00 bits per heavy atom. The largest absolute Gasteiger partial charge is 0.488 e. The van der Waals surface area contributed by atoms with Crippen molar-refractivity contribution in [3.05, 3.63) is 70.6 Å². The van der Waals surface area contributed by atoms with Crippen LogP contribution in [0, 0.1) is 18.2 Å². The van der Waals surface area contributed by atoms with Crippen LogP contribution in [0.4, 0.5) is 26.3 Å². The Balaban J connectivity index is 2.44. The lowest BCUT2D eigenvalue weighted by Gasteiger charge is -2.18. The van der Waals surface area contributed by atoms with Crippen LogP contribution in [-0.4, -0.2) is 18.6 Å². The lowest BCUT2D eigenvalue weighted by atomic mass is 9.98. The second-order valence-corrected chi connectivity index (χ2v) is 6.07. The van der Waals surface area contributed by atoms with Gasteiger partial charge >= 0.3 is 12.5 Å². The summed E-state index contributed by atoms with van der Waals surface area (Å²) in [5.74, 6) is -2.75. The Kier molecular flexibility index (Phi) is 6.44. The number of halogens is 6. The van der Waals surface area contributed by atoms with E-state index in [4.69, 9.17) is 11.3 Å². The zero-order valence-electron chi connectivity index (χ0n) is 14.7. The summed E-state index contributed by atoms with van der Waals surface area (Å²) >= 11 is 0. The van der Waals surface area contributed by atoms with Gasteiger partial charge in [-0.2, -0.15) is 17.6 Å². The fourth-order valence-electron chi connectivity index (χ4n) is 2.38. The Bertz CT molecular complexity index is 879. The highest BCUT2D eigenvalue weighted by Gasteiger charge is 2.44. The van der Waals surface area contributed by atoms with Crippen LogP contribution in [0.2, 0.25) is 0 Å². The quantitative estimate of drug-likeness (QED) is 0.418. The van der Waals surface area contributed by atoms with E-state index in [1.54, 1.807) is 13.8 Å². The minimum absolute atomic E-state index is 0.128. The smallest absolute Gasteiger partial charge is 0.461 e. The topological polar surface area (TPSA) is 22.8 Å². The Hall–Kier alpha value is -2.89. The van der Waals surface area contributed by atoms with Gasteiger partial charge in [0.05, 0.1) is 6.10 Å². The van der Waals surface area contributed by atoms with Crippen LogP contribution in [0.15, 0.2) is 36.4 Å². The molecule has 28 heavy (non-hydrogen) atoms. The van der Waals surface area contributed by atoms with E-state index in [0.29, 0.717) is 6.07 Å². The van der Waals surface area contributed by atoms with Crippen LogP contribution < -0.4 is 9.47 Å². The van der Waals surface area contributed by atoms with Gasteiger partial charge < -0.3 is 14.3 Å². The van der Waals surface area contributed by atoms with E-state index in [0.717, 1.165) is 18.2 Å². The number of nitrogens with zero attached hydrogens (tertiary/aromatic N) is 1. The third kappa shape index (κ3) is 5.09. The Morgan fingerprint density at radius 2 is 1.68 bits per heavy atom. The number of alkyl halides is 4. The highest BCUT2D eigenvalue weighted by atomic mass is 19.3. The summed E-state index contributed by atoms with van der Waals surface area (Å²) in [4.78, 5) is 3.31. The Labute approximate surface area is 157 Å². The van der Waals surface area contributed by atoms with Crippen molar-refractivity contribution in [3.63, 3.8) is 0 Å². The first-order valence-corrected chi connectivity index (χ1v) is 8.01. The van der Waals surface area contributed by atoms with E-state index in [2.05, 4.69) is 9.58 Å². The van der Waals surface area contributed by atoms with Crippen molar-refractivity contribution in [2.45, 2.75) is 38.5 Å². The van der Waals surface area contributed by atoms with Crippen LogP contribution in [0.25, 0.3) is 4.85 Å². The molecule has 0 aromatic heterocycles. The summed E-state index contributed by atoms with van der Waals surface area (Å²) in [6, 6.07) is 4.54. The van der Waals surface area contributed by atoms with Crippen molar-refractivity contribution < 1.29 is 35.8 Å². The summed E-state index contributed by atoms with van der Waals surface area (Å²) in [5, 5.41) is 0. The predicted octanol–water partition coefficient (Wildman–Crippen LogP) is 6.00. The van der Waals surface area contributed by atoms with Crippen molar-refractivity contribution in [1.82, 2.24) is 0 Å². The van der Waals surface area contributed by atoms with Crippen molar-refractivity contribution in [2.24, 2.45) is 0 Å². The molecule has 0 aliphatic rings. The lowest BCUT2D eigenvalue weighted by Crippen LogP contribution is -2.33. The SMILES string of the molecule is [C-]#[N+]C(c1cc(F)cc(OC(F)(F)C(F)F)c1)c1ccc(F)c(OC(C)C)c1. The second kappa shape index (κ2) is 8.42. The van der Waals surface area contributed by atoms with Gasteiger partial charge in [0.25, 0.3) is 6.04 Å². The highest BCUT2D eigenvalue weighted by Crippen LogP contribution is 2.35. The molecule has 150 valence electrons. The molecule has 0 heterocycles. The molecule has 0 amide bonds. The van der Waals surface area contributed by atoms with Gasteiger partial charge in [0.15, 0.2) is 11.6 Å². The summed E-state index contributed by atoms with van der Waals surface area (Å²) in [6.45, 7) is 10.7. The molecular formula is C19H15F6NO2. The van der Waals surface area contributed by atoms with Crippen molar-refractivity contribution in [1.29, 1.82) is 0 Å². The number of hydrogen-bond donors (Lipinski definition) is 0. The maximum atomic E-state index is 13.9. The monoisotopic (exact) mass is 403 g/mol. The third-order valence-corrected chi connectivity index (χ3v) is 3.48. The van der Waals surface area contributed by atoms with Crippen LogP contribution in [-0.2, 0) is 0 Å². The molecule has 3 nitrogen and oxygen atoms in total. The summed E-state index contributed by atoms with van der Waals surface area (Å²) < 4.78 is 87.7. The van der Waals surface area contributed by atoms with Crippen molar-refractivity contribution >= 4 is 0 Å². The van der Waals surface area contributed by atoms with Crippen molar-refractivity contribution in [2.75, 3.05) is 0 Å². The molecule has 2 aromatic carbocycles. The second-order valence-electron chi connectivity index (χ2n) is 6.07. The molecule has 1 atom stereocenters. The minimum Gasteiger partial charge on any atom is -0.488 e. The molecule has 2 aromatic rings. The predicted molar refractivity (Wildman–Crippen MR) is 88.6 cm³/mol.